The molecular weight excluding hydrogens is 639 g/mol. The second kappa shape index (κ2) is 12.4. The largest absolute Gasteiger partial charge is 0.456 e. The van der Waals surface area contributed by atoms with Crippen molar-refractivity contribution in [1.82, 2.24) is 24.5 Å². The third-order valence-electron chi connectivity index (χ3n) is 9.80. The zero-order chi connectivity index (χ0) is 34.4. The van der Waals surface area contributed by atoms with Gasteiger partial charge in [-0.1, -0.05) is 127 Å². The lowest BCUT2D eigenvalue weighted by atomic mass is 10.0. The van der Waals surface area contributed by atoms with E-state index in [2.05, 4.69) is 83.4 Å². The van der Waals surface area contributed by atoms with Gasteiger partial charge in [0.15, 0.2) is 11.6 Å². The maximum Gasteiger partial charge on any atom is 0.163 e. The van der Waals surface area contributed by atoms with Crippen LogP contribution >= 0.6 is 0 Å². The van der Waals surface area contributed by atoms with E-state index in [9.17, 15) is 0 Å². The SMILES string of the molecule is c1ccc(-c2cnc(-n3c4ccccc4c4ccc5oc6ccccc6c5c43)c(CCc3nc(-c4ccccc4)nc(-c4ccccc4)n3)c2)cc1. The van der Waals surface area contributed by atoms with E-state index < -0.39 is 0 Å². The molecule has 0 fully saturated rings. The van der Waals surface area contributed by atoms with Crippen LogP contribution in [0.3, 0.4) is 0 Å². The van der Waals surface area contributed by atoms with Crippen molar-refractivity contribution in [3.05, 3.63) is 175 Å². The molecule has 6 heteroatoms. The first-order chi connectivity index (χ1) is 25.8. The molecule has 6 nitrogen and oxygen atoms in total. The summed E-state index contributed by atoms with van der Waals surface area (Å²) in [5.41, 5.74) is 9.08. The number of aromatic nitrogens is 5. The smallest absolute Gasteiger partial charge is 0.163 e. The van der Waals surface area contributed by atoms with Crippen molar-refractivity contribution in [1.29, 1.82) is 0 Å². The van der Waals surface area contributed by atoms with E-state index in [1.165, 1.54) is 5.39 Å². The Bertz CT molecular complexity index is 2840. The molecule has 0 radical (unpaired) electrons. The lowest BCUT2D eigenvalue weighted by Gasteiger charge is -2.15. The van der Waals surface area contributed by atoms with Gasteiger partial charge in [0.2, 0.25) is 0 Å². The molecule has 0 unspecified atom stereocenters. The van der Waals surface area contributed by atoms with Crippen molar-refractivity contribution >= 4 is 43.7 Å². The van der Waals surface area contributed by atoms with Gasteiger partial charge in [-0.2, -0.15) is 0 Å². The molecular formula is C46H31N5O. The lowest BCUT2D eigenvalue weighted by molar-refractivity contribution is 0.669. The van der Waals surface area contributed by atoms with Crippen molar-refractivity contribution in [2.45, 2.75) is 12.8 Å². The molecule has 0 spiro atoms. The van der Waals surface area contributed by atoms with Crippen LogP contribution in [0.1, 0.15) is 11.4 Å². The quantitative estimate of drug-likeness (QED) is 0.169. The number of hydrogen-bond donors (Lipinski definition) is 0. The standard InChI is InChI=1S/C46H31N5O/c1-4-14-30(15-5-1)34-28-33(24-27-41-48-44(31-16-6-2-7-17-31)50-45(49-41)32-18-8-3-9-19-32)46(47-29-34)51-38-22-12-10-20-35(38)36-25-26-40-42(43(36)51)37-21-11-13-23-39(37)52-40/h1-23,25-26,28-29H,24,27H2. The van der Waals surface area contributed by atoms with Crippen LogP contribution in [0.25, 0.3) is 83.5 Å². The number of aryl methyl sites for hydroxylation is 2. The summed E-state index contributed by atoms with van der Waals surface area (Å²) in [4.78, 5) is 20.2. The summed E-state index contributed by atoms with van der Waals surface area (Å²) >= 11 is 0. The van der Waals surface area contributed by atoms with Crippen molar-refractivity contribution < 1.29 is 4.42 Å². The van der Waals surface area contributed by atoms with Crippen LogP contribution in [0, 0.1) is 0 Å². The number of hydrogen-bond acceptors (Lipinski definition) is 5. The first-order valence-corrected chi connectivity index (χ1v) is 17.5. The summed E-state index contributed by atoms with van der Waals surface area (Å²) in [7, 11) is 0. The maximum absolute atomic E-state index is 6.40. The Morgan fingerprint density at radius 2 is 1.10 bits per heavy atom. The molecule has 0 aliphatic heterocycles. The third-order valence-corrected chi connectivity index (χ3v) is 9.80. The van der Waals surface area contributed by atoms with Gasteiger partial charge in [-0.25, -0.2) is 19.9 Å². The summed E-state index contributed by atoms with van der Waals surface area (Å²) < 4.78 is 8.73. The average Bonchev–Trinajstić information content (AvgIpc) is 3.76. The fourth-order valence-electron chi connectivity index (χ4n) is 7.37. The van der Waals surface area contributed by atoms with Gasteiger partial charge in [0.25, 0.3) is 0 Å². The van der Waals surface area contributed by atoms with Gasteiger partial charge in [-0.15, -0.1) is 0 Å². The molecule has 6 aromatic carbocycles. The average molecular weight is 670 g/mol. The Morgan fingerprint density at radius 1 is 0.481 bits per heavy atom. The van der Waals surface area contributed by atoms with E-state index in [0.29, 0.717) is 24.5 Å². The molecule has 10 rings (SSSR count). The van der Waals surface area contributed by atoms with Crippen LogP contribution in [0.5, 0.6) is 0 Å². The molecule has 4 aromatic heterocycles. The van der Waals surface area contributed by atoms with Gasteiger partial charge >= 0.3 is 0 Å². The van der Waals surface area contributed by atoms with E-state index >= 15 is 0 Å². The van der Waals surface area contributed by atoms with Gasteiger partial charge in [-0.3, -0.25) is 4.57 Å². The van der Waals surface area contributed by atoms with Crippen LogP contribution < -0.4 is 0 Å². The number of pyridine rings is 1. The predicted octanol–water partition coefficient (Wildman–Crippen LogP) is 11.0. The number of rotatable bonds is 7. The van der Waals surface area contributed by atoms with E-state index in [0.717, 1.165) is 77.8 Å². The number of para-hydroxylation sites is 2. The molecule has 0 amide bonds. The monoisotopic (exact) mass is 669 g/mol. The minimum absolute atomic E-state index is 0.594. The van der Waals surface area contributed by atoms with Crippen molar-refractivity contribution in [2.24, 2.45) is 0 Å². The molecule has 246 valence electrons. The van der Waals surface area contributed by atoms with E-state index in [1.807, 2.05) is 85.1 Å². The van der Waals surface area contributed by atoms with Gasteiger partial charge in [0.05, 0.1) is 16.4 Å². The molecule has 52 heavy (non-hydrogen) atoms. The van der Waals surface area contributed by atoms with Gasteiger partial charge < -0.3 is 4.42 Å². The Kier molecular flexibility index (Phi) is 7.17. The minimum atomic E-state index is 0.594. The minimum Gasteiger partial charge on any atom is -0.456 e. The summed E-state index contributed by atoms with van der Waals surface area (Å²) in [5.74, 6) is 2.94. The fraction of sp³-hybridized carbons (Fsp3) is 0.0435. The fourth-order valence-corrected chi connectivity index (χ4v) is 7.37. The highest BCUT2D eigenvalue weighted by molar-refractivity contribution is 6.24. The normalized spacial score (nSPS) is 11.6. The summed E-state index contributed by atoms with van der Waals surface area (Å²) in [6.45, 7) is 0. The highest BCUT2D eigenvalue weighted by atomic mass is 16.3. The predicted molar refractivity (Wildman–Crippen MR) is 209 cm³/mol. The zero-order valence-electron chi connectivity index (χ0n) is 28.1. The lowest BCUT2D eigenvalue weighted by Crippen LogP contribution is -2.08. The second-order valence-electron chi connectivity index (χ2n) is 13.0. The van der Waals surface area contributed by atoms with Crippen LogP contribution in [0.4, 0.5) is 0 Å². The van der Waals surface area contributed by atoms with Crippen molar-refractivity contribution in [3.8, 4) is 39.7 Å². The van der Waals surface area contributed by atoms with Crippen LogP contribution in [-0.4, -0.2) is 24.5 Å². The van der Waals surface area contributed by atoms with Gasteiger partial charge in [0.1, 0.15) is 22.8 Å². The van der Waals surface area contributed by atoms with Crippen LogP contribution in [0.15, 0.2) is 168 Å². The summed E-state index contributed by atoms with van der Waals surface area (Å²) in [5, 5.41) is 4.50. The highest BCUT2D eigenvalue weighted by Crippen LogP contribution is 2.41. The Labute approximate surface area is 299 Å². The Balaban J connectivity index is 1.18. The molecule has 0 aliphatic carbocycles. The number of nitrogens with zero attached hydrogens (tertiary/aromatic N) is 5. The molecule has 4 heterocycles. The second-order valence-corrected chi connectivity index (χ2v) is 13.0. The van der Waals surface area contributed by atoms with Gasteiger partial charge in [-0.05, 0) is 47.9 Å². The van der Waals surface area contributed by atoms with Crippen LogP contribution in [-0.2, 0) is 12.8 Å². The molecule has 0 atom stereocenters. The summed E-state index contributed by atoms with van der Waals surface area (Å²) in [6.07, 6.45) is 3.24. The first kappa shape index (κ1) is 29.9. The topological polar surface area (TPSA) is 69.6 Å². The highest BCUT2D eigenvalue weighted by Gasteiger charge is 2.22. The zero-order valence-corrected chi connectivity index (χ0v) is 28.1. The molecule has 0 saturated carbocycles. The molecule has 0 aliphatic rings. The maximum atomic E-state index is 6.40. The van der Waals surface area contributed by atoms with E-state index in [1.54, 1.807) is 0 Å². The van der Waals surface area contributed by atoms with Crippen molar-refractivity contribution in [2.75, 3.05) is 0 Å². The van der Waals surface area contributed by atoms with Gasteiger partial charge in [0, 0.05) is 45.5 Å². The van der Waals surface area contributed by atoms with E-state index in [-0.39, 0.29) is 0 Å². The Morgan fingerprint density at radius 3 is 1.81 bits per heavy atom. The number of benzene rings is 6. The Hall–Kier alpha value is -6.92. The number of furan rings is 1. The molecule has 0 N–H and O–H groups in total. The molecule has 0 bridgehead atoms. The molecule has 0 saturated heterocycles. The number of fused-ring (bicyclic) bond motifs is 7. The van der Waals surface area contributed by atoms with E-state index in [4.69, 9.17) is 24.4 Å². The van der Waals surface area contributed by atoms with Crippen LogP contribution in [0.2, 0.25) is 0 Å². The molecule has 10 aromatic rings. The summed E-state index contributed by atoms with van der Waals surface area (Å²) in [6, 6.07) is 54.1. The van der Waals surface area contributed by atoms with Crippen molar-refractivity contribution in [3.63, 3.8) is 0 Å². The first-order valence-electron chi connectivity index (χ1n) is 17.5. The third kappa shape index (κ3) is 5.12.